The molecule has 0 aliphatic carbocycles. The van der Waals surface area contributed by atoms with Crippen LogP contribution in [0.1, 0.15) is 13.3 Å². The van der Waals surface area contributed by atoms with E-state index in [9.17, 15) is 22.4 Å². The Kier molecular flexibility index (Phi) is 5.00. The third-order valence-corrected chi connectivity index (χ3v) is 5.25. The van der Waals surface area contributed by atoms with Crippen molar-refractivity contribution in [3.8, 4) is 0 Å². The Balaban J connectivity index is 2.07. The summed E-state index contributed by atoms with van der Waals surface area (Å²) in [5.41, 5.74) is 0. The molecule has 1 aliphatic heterocycles. The van der Waals surface area contributed by atoms with Crippen LogP contribution in [0.2, 0.25) is 0 Å². The Labute approximate surface area is 133 Å². The van der Waals surface area contributed by atoms with Gasteiger partial charge in [-0.15, -0.1) is 0 Å². The first kappa shape index (κ1) is 17.4. The van der Waals surface area contributed by atoms with Crippen LogP contribution >= 0.6 is 0 Å². The molecule has 0 radical (unpaired) electrons. The van der Waals surface area contributed by atoms with Crippen LogP contribution in [0.4, 0.5) is 4.39 Å². The van der Waals surface area contributed by atoms with E-state index in [1.54, 1.807) is 0 Å². The van der Waals surface area contributed by atoms with E-state index in [2.05, 4.69) is 4.72 Å². The smallest absolute Gasteiger partial charge is 0.308 e. The maximum atomic E-state index is 13.6. The number of benzene rings is 1. The van der Waals surface area contributed by atoms with Crippen LogP contribution in [0.3, 0.4) is 0 Å². The molecule has 0 bridgehead atoms. The SMILES string of the molecule is CC(NS(=O)(=O)c1ccccc1F)C(=O)N1CCC(C(=O)O)C1. The molecule has 0 spiro atoms. The standard InChI is InChI=1S/C14H17FN2O5S/c1-9(13(18)17-7-6-10(8-17)14(19)20)16-23(21,22)12-5-3-2-4-11(12)15/h2-5,9-10,16H,6-8H2,1H3,(H,19,20). The zero-order chi connectivity index (χ0) is 17.2. The third-order valence-electron chi connectivity index (χ3n) is 3.68. The van der Waals surface area contributed by atoms with E-state index in [1.165, 1.54) is 24.0 Å². The normalized spacial score (nSPS) is 19.6. The molecule has 1 aromatic carbocycles. The molecule has 2 atom stereocenters. The summed E-state index contributed by atoms with van der Waals surface area (Å²) >= 11 is 0. The molecule has 1 amide bonds. The highest BCUT2D eigenvalue weighted by molar-refractivity contribution is 7.89. The van der Waals surface area contributed by atoms with Crippen LogP contribution in [0.25, 0.3) is 0 Å². The molecule has 1 saturated heterocycles. The summed E-state index contributed by atoms with van der Waals surface area (Å²) in [6.45, 7) is 1.64. The Morgan fingerprint density at radius 1 is 1.39 bits per heavy atom. The molecule has 23 heavy (non-hydrogen) atoms. The van der Waals surface area contributed by atoms with Gasteiger partial charge in [0.15, 0.2) is 0 Å². The summed E-state index contributed by atoms with van der Waals surface area (Å²) in [7, 11) is -4.18. The first-order valence-electron chi connectivity index (χ1n) is 7.01. The molecule has 9 heteroatoms. The summed E-state index contributed by atoms with van der Waals surface area (Å²) in [5, 5.41) is 8.93. The Hall–Kier alpha value is -2.00. The fraction of sp³-hybridized carbons (Fsp3) is 0.429. The average Bonchev–Trinajstić information content (AvgIpc) is 2.96. The van der Waals surface area contributed by atoms with Crippen molar-refractivity contribution in [1.82, 2.24) is 9.62 Å². The Bertz CT molecular complexity index is 722. The number of carbonyl (C=O) groups excluding carboxylic acids is 1. The molecule has 0 saturated carbocycles. The van der Waals surface area contributed by atoms with Gasteiger partial charge in [-0.05, 0) is 25.5 Å². The van der Waals surface area contributed by atoms with E-state index in [1.807, 2.05) is 0 Å². The van der Waals surface area contributed by atoms with Crippen LogP contribution in [0, 0.1) is 11.7 Å². The molecule has 1 heterocycles. The van der Waals surface area contributed by atoms with Gasteiger partial charge in [0, 0.05) is 13.1 Å². The lowest BCUT2D eigenvalue weighted by atomic mass is 10.1. The molecule has 1 fully saturated rings. The number of hydrogen-bond acceptors (Lipinski definition) is 4. The van der Waals surface area contributed by atoms with E-state index in [4.69, 9.17) is 5.11 Å². The fourth-order valence-corrected chi connectivity index (χ4v) is 3.72. The van der Waals surface area contributed by atoms with E-state index in [0.717, 1.165) is 12.1 Å². The van der Waals surface area contributed by atoms with Crippen molar-refractivity contribution in [3.05, 3.63) is 30.1 Å². The molecule has 7 nitrogen and oxygen atoms in total. The number of carboxylic acids is 1. The number of carbonyl (C=O) groups is 2. The van der Waals surface area contributed by atoms with E-state index in [0.29, 0.717) is 6.42 Å². The lowest BCUT2D eigenvalue weighted by molar-refractivity contribution is -0.141. The van der Waals surface area contributed by atoms with Crippen molar-refractivity contribution in [1.29, 1.82) is 0 Å². The minimum absolute atomic E-state index is 0.0416. The van der Waals surface area contributed by atoms with Crippen molar-refractivity contribution < 1.29 is 27.5 Å². The number of carboxylic acid groups (broad SMARTS) is 1. The lowest BCUT2D eigenvalue weighted by Crippen LogP contribution is -2.46. The van der Waals surface area contributed by atoms with Gasteiger partial charge < -0.3 is 10.0 Å². The Morgan fingerprint density at radius 3 is 2.61 bits per heavy atom. The number of likely N-dealkylation sites (tertiary alicyclic amines) is 1. The second-order valence-electron chi connectivity index (χ2n) is 5.38. The quantitative estimate of drug-likeness (QED) is 0.806. The predicted molar refractivity (Wildman–Crippen MR) is 78.5 cm³/mol. The van der Waals surface area contributed by atoms with Gasteiger partial charge in [-0.2, -0.15) is 4.72 Å². The van der Waals surface area contributed by atoms with Crippen LogP contribution in [-0.4, -0.2) is 49.4 Å². The highest BCUT2D eigenvalue weighted by Crippen LogP contribution is 2.18. The van der Waals surface area contributed by atoms with Gasteiger partial charge in [-0.3, -0.25) is 9.59 Å². The molecule has 126 valence electrons. The third kappa shape index (κ3) is 3.85. The summed E-state index contributed by atoms with van der Waals surface area (Å²) in [5.74, 6) is -3.07. The molecule has 2 rings (SSSR count). The number of aliphatic carboxylic acids is 1. The van der Waals surface area contributed by atoms with E-state index >= 15 is 0 Å². The number of nitrogens with zero attached hydrogens (tertiary/aromatic N) is 1. The summed E-state index contributed by atoms with van der Waals surface area (Å²) in [4.78, 5) is 23.9. The minimum atomic E-state index is -4.18. The van der Waals surface area contributed by atoms with Crippen molar-refractivity contribution in [2.45, 2.75) is 24.3 Å². The number of hydrogen-bond donors (Lipinski definition) is 2. The second kappa shape index (κ2) is 6.63. The molecular formula is C14H17FN2O5S. The molecule has 2 unspecified atom stereocenters. The van der Waals surface area contributed by atoms with Crippen molar-refractivity contribution in [3.63, 3.8) is 0 Å². The molecule has 1 aromatic rings. The van der Waals surface area contributed by atoms with Gasteiger partial charge in [-0.25, -0.2) is 12.8 Å². The highest BCUT2D eigenvalue weighted by Gasteiger charge is 2.34. The first-order chi connectivity index (χ1) is 10.7. The zero-order valence-electron chi connectivity index (χ0n) is 12.4. The highest BCUT2D eigenvalue weighted by atomic mass is 32.2. The maximum Gasteiger partial charge on any atom is 0.308 e. The summed E-state index contributed by atoms with van der Waals surface area (Å²) < 4.78 is 40.0. The topological polar surface area (TPSA) is 104 Å². The first-order valence-corrected chi connectivity index (χ1v) is 8.49. The van der Waals surface area contributed by atoms with Gasteiger partial charge in [0.2, 0.25) is 15.9 Å². The van der Waals surface area contributed by atoms with Gasteiger partial charge in [0.05, 0.1) is 12.0 Å². The monoisotopic (exact) mass is 344 g/mol. The minimum Gasteiger partial charge on any atom is -0.481 e. The van der Waals surface area contributed by atoms with Gasteiger partial charge in [0.25, 0.3) is 0 Å². The number of nitrogens with one attached hydrogen (secondary N) is 1. The Morgan fingerprint density at radius 2 is 2.04 bits per heavy atom. The molecule has 0 aromatic heterocycles. The van der Waals surface area contributed by atoms with Crippen molar-refractivity contribution in [2.24, 2.45) is 5.92 Å². The predicted octanol–water partition coefficient (Wildman–Crippen LogP) is 0.426. The maximum absolute atomic E-state index is 13.6. The number of halogens is 1. The average molecular weight is 344 g/mol. The van der Waals surface area contributed by atoms with Crippen LogP contribution in [0.5, 0.6) is 0 Å². The number of rotatable bonds is 5. The van der Waals surface area contributed by atoms with E-state index < -0.39 is 44.6 Å². The largest absolute Gasteiger partial charge is 0.481 e. The number of sulfonamides is 1. The zero-order valence-corrected chi connectivity index (χ0v) is 13.2. The van der Waals surface area contributed by atoms with Crippen LogP contribution in [0.15, 0.2) is 29.2 Å². The van der Waals surface area contributed by atoms with Crippen LogP contribution < -0.4 is 4.72 Å². The lowest BCUT2D eigenvalue weighted by Gasteiger charge is -2.21. The summed E-state index contributed by atoms with van der Waals surface area (Å²) in [6.07, 6.45) is 0.327. The van der Waals surface area contributed by atoms with Gasteiger partial charge in [0.1, 0.15) is 10.7 Å². The van der Waals surface area contributed by atoms with Crippen molar-refractivity contribution >= 4 is 21.9 Å². The molecule has 2 N–H and O–H groups in total. The molecule has 1 aliphatic rings. The second-order valence-corrected chi connectivity index (χ2v) is 7.06. The number of amides is 1. The summed E-state index contributed by atoms with van der Waals surface area (Å²) in [6, 6.07) is 3.73. The van der Waals surface area contributed by atoms with Gasteiger partial charge >= 0.3 is 5.97 Å². The fourth-order valence-electron chi connectivity index (χ4n) is 2.45. The molecular weight excluding hydrogens is 327 g/mol. The van der Waals surface area contributed by atoms with E-state index in [-0.39, 0.29) is 13.1 Å². The van der Waals surface area contributed by atoms with Crippen molar-refractivity contribution in [2.75, 3.05) is 13.1 Å². The van der Waals surface area contributed by atoms with Gasteiger partial charge in [-0.1, -0.05) is 12.1 Å². The van der Waals surface area contributed by atoms with Crippen LogP contribution in [-0.2, 0) is 19.6 Å².